The maximum atomic E-state index is 13.6. The molecule has 0 unspecified atom stereocenters. The third-order valence-electron chi connectivity index (χ3n) is 2.44. The lowest BCUT2D eigenvalue weighted by molar-refractivity contribution is 0.607. The molecule has 0 spiro atoms. The number of nitrogens with one attached hydrogen (secondary N) is 1. The molecule has 0 bridgehead atoms. The lowest BCUT2D eigenvalue weighted by Gasteiger charge is -2.09. The van der Waals surface area contributed by atoms with E-state index >= 15 is 0 Å². The molecule has 3 nitrogen and oxygen atoms in total. The van der Waals surface area contributed by atoms with Crippen LogP contribution in [0.3, 0.4) is 0 Å². The van der Waals surface area contributed by atoms with Crippen LogP contribution in [0.2, 0.25) is 10.0 Å². The molecule has 0 aliphatic rings. The minimum Gasteiger partial charge on any atom is -0.371 e. The Bertz CT molecular complexity index is 582. The zero-order valence-electron chi connectivity index (χ0n) is 9.76. The molecule has 1 aromatic carbocycles. The van der Waals surface area contributed by atoms with Crippen LogP contribution in [0.5, 0.6) is 0 Å². The van der Waals surface area contributed by atoms with Crippen LogP contribution in [0.25, 0.3) is 11.4 Å². The fourth-order valence-electron chi connectivity index (χ4n) is 1.55. The molecule has 0 aliphatic heterocycles. The number of hydrogen-bond donors (Lipinski definition) is 1. The van der Waals surface area contributed by atoms with E-state index in [2.05, 4.69) is 15.3 Å². The van der Waals surface area contributed by atoms with Crippen molar-refractivity contribution in [2.45, 2.75) is 6.92 Å². The predicted molar refractivity (Wildman–Crippen MR) is 71.7 cm³/mol. The summed E-state index contributed by atoms with van der Waals surface area (Å²) in [5.74, 6) is -0.0632. The number of hydrogen-bond acceptors (Lipinski definition) is 3. The molecule has 1 aromatic heterocycles. The van der Waals surface area contributed by atoms with E-state index in [0.29, 0.717) is 21.4 Å². The lowest BCUT2D eigenvalue weighted by atomic mass is 10.2. The zero-order chi connectivity index (χ0) is 13.3. The first-order valence-corrected chi connectivity index (χ1v) is 5.96. The smallest absolute Gasteiger partial charge is 0.186 e. The van der Waals surface area contributed by atoms with Gasteiger partial charge >= 0.3 is 0 Å². The first kappa shape index (κ1) is 13.1. The third-order valence-corrected chi connectivity index (χ3v) is 3.07. The molecule has 0 radical (unpaired) electrons. The Morgan fingerprint density at radius 1 is 1.17 bits per heavy atom. The third kappa shape index (κ3) is 2.26. The largest absolute Gasteiger partial charge is 0.371 e. The molecule has 0 fully saturated rings. The quantitative estimate of drug-likeness (QED) is 0.908. The second-order valence-electron chi connectivity index (χ2n) is 3.64. The Morgan fingerprint density at radius 3 is 2.33 bits per heavy atom. The minimum atomic E-state index is -0.482. The summed E-state index contributed by atoms with van der Waals surface area (Å²) in [5.41, 5.74) is 0.737. The summed E-state index contributed by atoms with van der Waals surface area (Å²) in [5, 5.41) is 3.53. The van der Waals surface area contributed by atoms with Gasteiger partial charge in [0, 0.05) is 7.05 Å². The lowest BCUT2D eigenvalue weighted by Crippen LogP contribution is -2.04. The van der Waals surface area contributed by atoms with Crippen molar-refractivity contribution in [3.63, 3.8) is 0 Å². The summed E-state index contributed by atoms with van der Waals surface area (Å²) >= 11 is 12.1. The molecule has 0 atom stereocenters. The second kappa shape index (κ2) is 5.08. The van der Waals surface area contributed by atoms with Crippen LogP contribution in [0.1, 0.15) is 5.69 Å². The maximum absolute atomic E-state index is 13.6. The average Bonchev–Trinajstić information content (AvgIpc) is 2.33. The standard InChI is InChI=1S/C12H10Cl2FN3/c1-6-10(15)12(16-2)18-11(17-6)9-7(13)4-3-5-8(9)14/h3-5H,1-2H3,(H,16,17,18). The van der Waals surface area contributed by atoms with Crippen molar-refractivity contribution in [3.8, 4) is 11.4 Å². The van der Waals surface area contributed by atoms with Gasteiger partial charge in [-0.05, 0) is 19.1 Å². The molecule has 18 heavy (non-hydrogen) atoms. The Morgan fingerprint density at radius 2 is 1.78 bits per heavy atom. The normalized spacial score (nSPS) is 10.5. The van der Waals surface area contributed by atoms with E-state index in [0.717, 1.165) is 0 Å². The van der Waals surface area contributed by atoms with Gasteiger partial charge in [0.2, 0.25) is 0 Å². The number of nitrogens with zero attached hydrogens (tertiary/aromatic N) is 2. The molecule has 0 amide bonds. The number of benzene rings is 1. The number of aromatic nitrogens is 2. The molecular weight excluding hydrogens is 276 g/mol. The summed E-state index contributed by atoms with van der Waals surface area (Å²) in [4.78, 5) is 8.16. The van der Waals surface area contributed by atoms with Gasteiger partial charge in [-0.2, -0.15) is 0 Å². The SMILES string of the molecule is CNc1nc(-c2c(Cl)cccc2Cl)nc(C)c1F. The van der Waals surface area contributed by atoms with E-state index < -0.39 is 5.82 Å². The van der Waals surface area contributed by atoms with Crippen molar-refractivity contribution in [1.29, 1.82) is 0 Å². The Kier molecular flexibility index (Phi) is 3.68. The molecule has 2 aromatic rings. The second-order valence-corrected chi connectivity index (χ2v) is 4.46. The van der Waals surface area contributed by atoms with Crippen molar-refractivity contribution < 1.29 is 4.39 Å². The highest BCUT2D eigenvalue weighted by Crippen LogP contribution is 2.33. The van der Waals surface area contributed by atoms with Crippen LogP contribution < -0.4 is 5.32 Å². The highest BCUT2D eigenvalue weighted by atomic mass is 35.5. The maximum Gasteiger partial charge on any atom is 0.186 e. The number of halogens is 3. The van der Waals surface area contributed by atoms with Gasteiger partial charge in [0.1, 0.15) is 0 Å². The Labute approximate surface area is 114 Å². The van der Waals surface area contributed by atoms with Crippen LogP contribution >= 0.6 is 23.2 Å². The van der Waals surface area contributed by atoms with Crippen molar-refractivity contribution in [3.05, 3.63) is 39.8 Å². The molecular formula is C12H10Cl2FN3. The molecule has 94 valence electrons. The predicted octanol–water partition coefficient (Wildman–Crippen LogP) is 3.94. The molecule has 0 aliphatic carbocycles. The van der Waals surface area contributed by atoms with E-state index in [1.807, 2.05) is 0 Å². The summed E-state index contributed by atoms with van der Waals surface area (Å²) in [6.45, 7) is 1.56. The van der Waals surface area contributed by atoms with E-state index in [4.69, 9.17) is 23.2 Å². The van der Waals surface area contributed by atoms with E-state index in [-0.39, 0.29) is 11.5 Å². The highest BCUT2D eigenvalue weighted by molar-refractivity contribution is 6.38. The molecule has 1 N–H and O–H groups in total. The monoisotopic (exact) mass is 285 g/mol. The van der Waals surface area contributed by atoms with Gasteiger partial charge in [0.25, 0.3) is 0 Å². The van der Waals surface area contributed by atoms with Gasteiger partial charge in [0.15, 0.2) is 17.5 Å². The van der Waals surface area contributed by atoms with Crippen LogP contribution in [0.15, 0.2) is 18.2 Å². The molecule has 0 saturated carbocycles. The highest BCUT2D eigenvalue weighted by Gasteiger charge is 2.15. The van der Waals surface area contributed by atoms with Crippen molar-refractivity contribution in [2.75, 3.05) is 12.4 Å². The van der Waals surface area contributed by atoms with Crippen LogP contribution in [-0.2, 0) is 0 Å². The summed E-state index contributed by atoms with van der Waals surface area (Å²) in [6, 6.07) is 5.09. The molecule has 0 saturated heterocycles. The first-order chi connectivity index (χ1) is 8.54. The van der Waals surface area contributed by atoms with E-state index in [1.54, 1.807) is 32.2 Å². The van der Waals surface area contributed by atoms with Gasteiger partial charge in [-0.3, -0.25) is 0 Å². The summed E-state index contributed by atoms with van der Waals surface area (Å²) < 4.78 is 13.6. The van der Waals surface area contributed by atoms with Gasteiger partial charge in [-0.1, -0.05) is 29.3 Å². The fraction of sp³-hybridized carbons (Fsp3) is 0.167. The average molecular weight is 286 g/mol. The topological polar surface area (TPSA) is 37.8 Å². The Balaban J connectivity index is 2.68. The van der Waals surface area contributed by atoms with Gasteiger partial charge in [-0.25, -0.2) is 14.4 Å². The van der Waals surface area contributed by atoms with Gasteiger partial charge < -0.3 is 5.32 Å². The van der Waals surface area contributed by atoms with Crippen molar-refractivity contribution in [1.82, 2.24) is 9.97 Å². The number of rotatable bonds is 2. The summed E-state index contributed by atoms with van der Waals surface area (Å²) in [7, 11) is 1.59. The van der Waals surface area contributed by atoms with Gasteiger partial charge in [0.05, 0.1) is 21.3 Å². The number of anilines is 1. The van der Waals surface area contributed by atoms with Gasteiger partial charge in [-0.15, -0.1) is 0 Å². The van der Waals surface area contributed by atoms with Crippen LogP contribution in [0.4, 0.5) is 10.2 Å². The van der Waals surface area contributed by atoms with Crippen LogP contribution in [-0.4, -0.2) is 17.0 Å². The number of aryl methyl sites for hydroxylation is 1. The fourth-order valence-corrected chi connectivity index (χ4v) is 2.11. The molecule has 1 heterocycles. The summed E-state index contributed by atoms with van der Waals surface area (Å²) in [6.07, 6.45) is 0. The van der Waals surface area contributed by atoms with E-state index in [9.17, 15) is 4.39 Å². The Hall–Kier alpha value is -1.39. The van der Waals surface area contributed by atoms with Crippen LogP contribution in [0, 0.1) is 12.7 Å². The minimum absolute atomic E-state index is 0.119. The zero-order valence-corrected chi connectivity index (χ0v) is 11.3. The first-order valence-electron chi connectivity index (χ1n) is 5.21. The van der Waals surface area contributed by atoms with Crippen molar-refractivity contribution >= 4 is 29.0 Å². The van der Waals surface area contributed by atoms with Crippen molar-refractivity contribution in [2.24, 2.45) is 0 Å². The van der Waals surface area contributed by atoms with E-state index in [1.165, 1.54) is 0 Å². The molecule has 2 rings (SSSR count). The molecule has 6 heteroatoms.